The fraction of sp³-hybridized carbons (Fsp3) is 0.455. The molecule has 2 nitrogen and oxygen atoms in total. The molecule has 1 atom stereocenters. The minimum atomic E-state index is -0.221. The smallest absolute Gasteiger partial charge is 0.120 e. The van der Waals surface area contributed by atoms with Crippen molar-refractivity contribution in [2.75, 3.05) is 0 Å². The van der Waals surface area contributed by atoms with E-state index in [2.05, 4.69) is 0 Å². The van der Waals surface area contributed by atoms with Gasteiger partial charge in [0, 0.05) is 16.6 Å². The van der Waals surface area contributed by atoms with Crippen molar-refractivity contribution in [3.8, 4) is 5.75 Å². The Morgan fingerprint density at radius 1 is 1.33 bits per heavy atom. The van der Waals surface area contributed by atoms with Crippen LogP contribution in [0, 0.1) is 5.41 Å². The Balaban J connectivity index is 0.00000196. The molecule has 0 aliphatic rings. The number of phenolic OH excluding ortho intramolecular Hbond substituents is 1. The van der Waals surface area contributed by atoms with Crippen molar-refractivity contribution >= 4 is 24.0 Å². The van der Waals surface area contributed by atoms with Gasteiger partial charge in [-0.3, -0.25) is 0 Å². The molecule has 0 fully saturated rings. The first-order valence-corrected chi connectivity index (χ1v) is 4.94. The predicted molar refractivity (Wildman–Crippen MR) is 66.7 cm³/mol. The first kappa shape index (κ1) is 14.6. The summed E-state index contributed by atoms with van der Waals surface area (Å²) in [4.78, 5) is 0. The van der Waals surface area contributed by atoms with Crippen LogP contribution in [-0.2, 0) is 0 Å². The van der Waals surface area contributed by atoms with Gasteiger partial charge in [-0.25, -0.2) is 0 Å². The summed E-state index contributed by atoms with van der Waals surface area (Å²) < 4.78 is 0. The van der Waals surface area contributed by atoms with Gasteiger partial charge in [-0.15, -0.1) is 12.4 Å². The van der Waals surface area contributed by atoms with Gasteiger partial charge in [-0.1, -0.05) is 32.4 Å². The maximum absolute atomic E-state index is 9.63. The van der Waals surface area contributed by atoms with Crippen molar-refractivity contribution in [3.63, 3.8) is 0 Å². The quantitative estimate of drug-likeness (QED) is 0.801. The molecule has 0 saturated carbocycles. The third-order valence-corrected chi connectivity index (χ3v) is 2.49. The molecule has 0 unspecified atom stereocenters. The summed E-state index contributed by atoms with van der Waals surface area (Å²) in [6, 6.07) is 4.72. The zero-order valence-corrected chi connectivity index (χ0v) is 10.7. The van der Waals surface area contributed by atoms with Crippen LogP contribution in [0.4, 0.5) is 0 Å². The van der Waals surface area contributed by atoms with Gasteiger partial charge < -0.3 is 10.8 Å². The number of rotatable bonds is 1. The molecule has 1 aromatic carbocycles. The Kier molecular flexibility index (Phi) is 4.91. The molecule has 1 aromatic rings. The third kappa shape index (κ3) is 3.56. The summed E-state index contributed by atoms with van der Waals surface area (Å²) in [5, 5.41) is 10.2. The highest BCUT2D eigenvalue weighted by atomic mass is 35.5. The number of halogens is 2. The van der Waals surface area contributed by atoms with Gasteiger partial charge in [0.05, 0.1) is 0 Å². The molecule has 0 aliphatic heterocycles. The normalized spacial score (nSPS) is 13.1. The van der Waals surface area contributed by atoms with E-state index in [0.29, 0.717) is 10.6 Å². The van der Waals surface area contributed by atoms with E-state index >= 15 is 0 Å². The number of phenols is 1. The highest BCUT2D eigenvalue weighted by molar-refractivity contribution is 6.30. The first-order valence-electron chi connectivity index (χ1n) is 4.56. The predicted octanol–water partition coefficient (Wildman–Crippen LogP) is 3.51. The lowest BCUT2D eigenvalue weighted by Crippen LogP contribution is -2.26. The maximum Gasteiger partial charge on any atom is 0.120 e. The van der Waals surface area contributed by atoms with Crippen LogP contribution in [-0.4, -0.2) is 5.11 Å². The van der Waals surface area contributed by atoms with Crippen LogP contribution in [0.1, 0.15) is 32.4 Å². The summed E-state index contributed by atoms with van der Waals surface area (Å²) in [6.45, 7) is 6.08. The summed E-state index contributed by atoms with van der Waals surface area (Å²) in [7, 11) is 0. The summed E-state index contributed by atoms with van der Waals surface area (Å²) in [5.74, 6) is 0.205. The van der Waals surface area contributed by atoms with Crippen LogP contribution in [0.5, 0.6) is 5.75 Å². The molecular weight excluding hydrogens is 233 g/mol. The highest BCUT2D eigenvalue weighted by Crippen LogP contribution is 2.36. The van der Waals surface area contributed by atoms with E-state index < -0.39 is 0 Å². The van der Waals surface area contributed by atoms with Gasteiger partial charge >= 0.3 is 0 Å². The van der Waals surface area contributed by atoms with Gasteiger partial charge in [0.2, 0.25) is 0 Å². The fourth-order valence-electron chi connectivity index (χ4n) is 1.24. The molecule has 4 heteroatoms. The second-order valence-electron chi connectivity index (χ2n) is 4.55. The minimum absolute atomic E-state index is 0. The van der Waals surface area contributed by atoms with E-state index in [9.17, 15) is 5.11 Å². The number of nitrogens with two attached hydrogens (primary N) is 1. The largest absolute Gasteiger partial charge is 0.508 e. The number of hydrogen-bond donors (Lipinski definition) is 2. The van der Waals surface area contributed by atoms with E-state index in [-0.39, 0.29) is 29.6 Å². The number of aromatic hydroxyl groups is 1. The molecule has 15 heavy (non-hydrogen) atoms. The lowest BCUT2D eigenvalue weighted by molar-refractivity contribution is 0.318. The Bertz CT molecular complexity index is 334. The molecule has 0 aliphatic carbocycles. The van der Waals surface area contributed by atoms with E-state index in [1.807, 2.05) is 20.8 Å². The second-order valence-corrected chi connectivity index (χ2v) is 4.98. The van der Waals surface area contributed by atoms with Crippen molar-refractivity contribution in [2.45, 2.75) is 26.8 Å². The minimum Gasteiger partial charge on any atom is -0.508 e. The average Bonchev–Trinajstić information content (AvgIpc) is 2.06. The molecule has 0 heterocycles. The summed E-state index contributed by atoms with van der Waals surface area (Å²) in [6.07, 6.45) is 0. The Morgan fingerprint density at radius 3 is 2.33 bits per heavy atom. The molecule has 0 radical (unpaired) electrons. The second kappa shape index (κ2) is 5.06. The van der Waals surface area contributed by atoms with E-state index in [1.54, 1.807) is 18.2 Å². The summed E-state index contributed by atoms with van der Waals surface area (Å²) in [5.41, 5.74) is 6.63. The highest BCUT2D eigenvalue weighted by Gasteiger charge is 2.24. The maximum atomic E-state index is 9.63. The van der Waals surface area contributed by atoms with Crippen LogP contribution in [0.25, 0.3) is 0 Å². The standard InChI is InChI=1S/C11H16ClNO.ClH/c1-11(2,3)10(13)8-6-7(12)4-5-9(8)14;/h4-6,10,14H,13H2,1-3H3;1H/t10-;/m1./s1. The molecule has 0 bridgehead atoms. The number of hydrogen-bond acceptors (Lipinski definition) is 2. The molecule has 3 N–H and O–H groups in total. The van der Waals surface area contributed by atoms with Crippen molar-refractivity contribution in [1.29, 1.82) is 0 Å². The fourth-order valence-corrected chi connectivity index (χ4v) is 1.42. The van der Waals surface area contributed by atoms with Crippen molar-refractivity contribution in [1.82, 2.24) is 0 Å². The van der Waals surface area contributed by atoms with Crippen molar-refractivity contribution < 1.29 is 5.11 Å². The lowest BCUT2D eigenvalue weighted by Gasteiger charge is -2.27. The molecule has 0 aromatic heterocycles. The van der Waals surface area contributed by atoms with Gasteiger partial charge in [0.1, 0.15) is 5.75 Å². The van der Waals surface area contributed by atoms with Crippen LogP contribution in [0.15, 0.2) is 18.2 Å². The average molecular weight is 250 g/mol. The molecule has 0 spiro atoms. The lowest BCUT2D eigenvalue weighted by atomic mass is 9.83. The summed E-state index contributed by atoms with van der Waals surface area (Å²) >= 11 is 5.84. The van der Waals surface area contributed by atoms with Crippen LogP contribution in [0.2, 0.25) is 5.02 Å². The Hall–Kier alpha value is -0.440. The monoisotopic (exact) mass is 249 g/mol. The first-order chi connectivity index (χ1) is 6.32. The van der Waals surface area contributed by atoms with Gasteiger partial charge in [0.25, 0.3) is 0 Å². The third-order valence-electron chi connectivity index (χ3n) is 2.26. The zero-order valence-electron chi connectivity index (χ0n) is 9.12. The van der Waals surface area contributed by atoms with E-state index in [0.717, 1.165) is 0 Å². The van der Waals surface area contributed by atoms with Crippen molar-refractivity contribution in [2.24, 2.45) is 11.1 Å². The van der Waals surface area contributed by atoms with Crippen LogP contribution < -0.4 is 5.73 Å². The molecule has 1 rings (SSSR count). The van der Waals surface area contributed by atoms with Gasteiger partial charge in [0.15, 0.2) is 0 Å². The van der Waals surface area contributed by atoms with E-state index in [1.165, 1.54) is 0 Å². The SMILES string of the molecule is CC(C)(C)[C@H](N)c1cc(Cl)ccc1O.Cl. The zero-order chi connectivity index (χ0) is 10.9. The van der Waals surface area contributed by atoms with E-state index in [4.69, 9.17) is 17.3 Å². The Labute approximate surface area is 102 Å². The topological polar surface area (TPSA) is 46.2 Å². The van der Waals surface area contributed by atoms with Crippen LogP contribution >= 0.6 is 24.0 Å². The van der Waals surface area contributed by atoms with Crippen LogP contribution in [0.3, 0.4) is 0 Å². The molecular formula is C11H17Cl2NO. The van der Waals surface area contributed by atoms with Gasteiger partial charge in [-0.2, -0.15) is 0 Å². The Morgan fingerprint density at radius 2 is 1.87 bits per heavy atom. The molecule has 0 amide bonds. The van der Waals surface area contributed by atoms with Gasteiger partial charge in [-0.05, 0) is 23.6 Å². The number of benzene rings is 1. The van der Waals surface area contributed by atoms with Crippen molar-refractivity contribution in [3.05, 3.63) is 28.8 Å². The molecule has 0 saturated heterocycles. The molecule has 86 valence electrons.